The number of hydrogen-bond acceptors (Lipinski definition) is 4. The Morgan fingerprint density at radius 2 is 1.55 bits per heavy atom. The predicted molar refractivity (Wildman–Crippen MR) is 125 cm³/mol. The van der Waals surface area contributed by atoms with Crippen molar-refractivity contribution in [2.75, 3.05) is 33.2 Å². The molecule has 1 atom stereocenters. The molecule has 0 bridgehead atoms. The minimum Gasteiger partial charge on any atom is -0.335 e. The molecule has 1 unspecified atom stereocenters. The molecule has 2 aromatic rings. The van der Waals surface area contributed by atoms with Gasteiger partial charge in [0.05, 0.1) is 4.90 Å². The zero-order chi connectivity index (χ0) is 22.4. The number of nitrogens with one attached hydrogen (secondary N) is 1. The quantitative estimate of drug-likeness (QED) is 0.677. The average Bonchev–Trinajstić information content (AvgIpc) is 2.80. The highest BCUT2D eigenvalue weighted by Gasteiger charge is 2.23. The van der Waals surface area contributed by atoms with Crippen LogP contribution in [-0.2, 0) is 10.0 Å². The first-order chi connectivity index (χ1) is 14.9. The van der Waals surface area contributed by atoms with Gasteiger partial charge in [0.2, 0.25) is 10.0 Å². The van der Waals surface area contributed by atoms with E-state index >= 15 is 0 Å². The van der Waals surface area contributed by atoms with Gasteiger partial charge in [0.25, 0.3) is 5.91 Å². The fourth-order valence-corrected chi connectivity index (χ4v) is 4.92. The third kappa shape index (κ3) is 5.73. The lowest BCUT2D eigenvalue weighted by Gasteiger charge is -2.34. The van der Waals surface area contributed by atoms with Gasteiger partial charge >= 0.3 is 0 Å². The highest BCUT2D eigenvalue weighted by atomic mass is 32.2. The summed E-state index contributed by atoms with van der Waals surface area (Å²) in [6, 6.07) is 14.4. The van der Waals surface area contributed by atoms with Gasteiger partial charge in [-0.25, -0.2) is 13.1 Å². The molecule has 1 N–H and O–H groups in total. The van der Waals surface area contributed by atoms with Crippen molar-refractivity contribution >= 4 is 15.9 Å². The number of likely N-dealkylation sites (tertiary alicyclic amines) is 1. The van der Waals surface area contributed by atoms with E-state index in [1.807, 2.05) is 36.1 Å². The van der Waals surface area contributed by atoms with Crippen molar-refractivity contribution in [3.05, 3.63) is 54.1 Å². The standard InChI is InChI=1S/C24H33N3O3S/c1-4-27(19(2)18-26-16-6-5-7-17-26)24(28)22-10-8-20(9-11-22)21-12-14-23(15-13-21)31(29,30)25-3/h8-15,19,25H,4-7,16-18H2,1-3H3. The van der Waals surface area contributed by atoms with Crippen molar-refractivity contribution in [2.45, 2.75) is 44.0 Å². The summed E-state index contributed by atoms with van der Waals surface area (Å²) in [4.78, 5) is 17.8. The van der Waals surface area contributed by atoms with Gasteiger partial charge in [-0.15, -0.1) is 0 Å². The smallest absolute Gasteiger partial charge is 0.254 e. The van der Waals surface area contributed by atoms with E-state index < -0.39 is 10.0 Å². The molecule has 0 saturated carbocycles. The van der Waals surface area contributed by atoms with Gasteiger partial charge in [-0.1, -0.05) is 30.7 Å². The van der Waals surface area contributed by atoms with Crippen LogP contribution in [0.2, 0.25) is 0 Å². The van der Waals surface area contributed by atoms with Crippen molar-refractivity contribution in [2.24, 2.45) is 0 Å². The predicted octanol–water partition coefficient (Wildman–Crippen LogP) is 3.60. The van der Waals surface area contributed by atoms with Gasteiger partial charge in [0, 0.05) is 24.7 Å². The van der Waals surface area contributed by atoms with Gasteiger partial charge in [-0.05, 0) is 82.2 Å². The maximum absolute atomic E-state index is 13.1. The first kappa shape index (κ1) is 23.4. The molecule has 2 aromatic carbocycles. The van der Waals surface area contributed by atoms with E-state index in [4.69, 9.17) is 0 Å². The van der Waals surface area contributed by atoms with Gasteiger partial charge in [0.1, 0.15) is 0 Å². The minimum absolute atomic E-state index is 0.0500. The van der Waals surface area contributed by atoms with Crippen LogP contribution in [0.1, 0.15) is 43.5 Å². The van der Waals surface area contributed by atoms with Crippen LogP contribution >= 0.6 is 0 Å². The Morgan fingerprint density at radius 3 is 2.06 bits per heavy atom. The fourth-order valence-electron chi connectivity index (χ4n) is 4.19. The summed E-state index contributed by atoms with van der Waals surface area (Å²) in [7, 11) is -2.06. The zero-order valence-corrected chi connectivity index (χ0v) is 19.5. The number of carbonyl (C=O) groups is 1. The monoisotopic (exact) mass is 443 g/mol. The van der Waals surface area contributed by atoms with E-state index in [0.717, 1.165) is 30.8 Å². The lowest BCUT2D eigenvalue weighted by atomic mass is 10.0. The van der Waals surface area contributed by atoms with Crippen LogP contribution in [0.15, 0.2) is 53.4 Å². The molecular weight excluding hydrogens is 410 g/mol. The Balaban J connectivity index is 1.69. The van der Waals surface area contributed by atoms with Crippen LogP contribution in [0.4, 0.5) is 0 Å². The summed E-state index contributed by atoms with van der Waals surface area (Å²) in [6.07, 6.45) is 3.80. The van der Waals surface area contributed by atoms with Gasteiger partial charge < -0.3 is 9.80 Å². The number of amides is 1. The molecule has 1 amide bonds. The molecule has 168 valence electrons. The SMILES string of the molecule is CCN(C(=O)c1ccc(-c2ccc(S(=O)(=O)NC)cc2)cc1)C(C)CN1CCCCC1. The van der Waals surface area contributed by atoms with E-state index in [1.54, 1.807) is 24.3 Å². The van der Waals surface area contributed by atoms with Crippen molar-refractivity contribution in [3.8, 4) is 11.1 Å². The maximum atomic E-state index is 13.1. The van der Waals surface area contributed by atoms with Crippen LogP contribution in [0.25, 0.3) is 11.1 Å². The van der Waals surface area contributed by atoms with Crippen LogP contribution in [0.5, 0.6) is 0 Å². The first-order valence-corrected chi connectivity index (χ1v) is 12.5. The van der Waals surface area contributed by atoms with E-state index in [2.05, 4.69) is 16.5 Å². The number of likely N-dealkylation sites (N-methyl/N-ethyl adjacent to an activating group) is 1. The van der Waals surface area contributed by atoms with Crippen LogP contribution < -0.4 is 4.72 Å². The number of carbonyl (C=O) groups excluding carboxylic acids is 1. The lowest BCUT2D eigenvalue weighted by molar-refractivity contribution is 0.0648. The molecule has 7 heteroatoms. The Labute approximate surface area is 186 Å². The summed E-state index contributed by atoms with van der Waals surface area (Å²) in [5, 5.41) is 0. The second-order valence-corrected chi connectivity index (χ2v) is 10.00. The third-order valence-electron chi connectivity index (χ3n) is 6.00. The number of nitrogens with zero attached hydrogens (tertiary/aromatic N) is 2. The Morgan fingerprint density at radius 1 is 1.00 bits per heavy atom. The topological polar surface area (TPSA) is 69.7 Å². The van der Waals surface area contributed by atoms with E-state index in [1.165, 1.54) is 26.3 Å². The van der Waals surface area contributed by atoms with Crippen molar-refractivity contribution in [3.63, 3.8) is 0 Å². The number of hydrogen-bond donors (Lipinski definition) is 1. The minimum atomic E-state index is -3.45. The molecule has 1 fully saturated rings. The molecule has 31 heavy (non-hydrogen) atoms. The average molecular weight is 444 g/mol. The lowest BCUT2D eigenvalue weighted by Crippen LogP contribution is -2.46. The van der Waals surface area contributed by atoms with E-state index in [-0.39, 0.29) is 16.8 Å². The van der Waals surface area contributed by atoms with Gasteiger partial charge in [-0.3, -0.25) is 4.79 Å². The zero-order valence-electron chi connectivity index (χ0n) is 18.7. The van der Waals surface area contributed by atoms with Crippen LogP contribution in [0, 0.1) is 0 Å². The second-order valence-electron chi connectivity index (χ2n) is 8.11. The number of rotatable bonds is 8. The normalized spacial score (nSPS) is 16.1. The number of benzene rings is 2. The summed E-state index contributed by atoms with van der Waals surface area (Å²) >= 11 is 0. The van der Waals surface area contributed by atoms with Gasteiger partial charge in [-0.2, -0.15) is 0 Å². The highest BCUT2D eigenvalue weighted by Crippen LogP contribution is 2.23. The van der Waals surface area contributed by atoms with Crippen molar-refractivity contribution in [1.29, 1.82) is 0 Å². The largest absolute Gasteiger partial charge is 0.335 e. The molecule has 1 aliphatic rings. The Kier molecular flexibility index (Phi) is 7.86. The number of sulfonamides is 1. The van der Waals surface area contributed by atoms with Gasteiger partial charge in [0.15, 0.2) is 0 Å². The third-order valence-corrected chi connectivity index (χ3v) is 7.43. The summed E-state index contributed by atoms with van der Waals surface area (Å²) in [6.45, 7) is 8.00. The summed E-state index contributed by atoms with van der Waals surface area (Å²) in [5.41, 5.74) is 2.51. The van der Waals surface area contributed by atoms with E-state index in [9.17, 15) is 13.2 Å². The summed E-state index contributed by atoms with van der Waals surface area (Å²) < 4.78 is 26.1. The second kappa shape index (κ2) is 10.4. The number of piperidine rings is 1. The maximum Gasteiger partial charge on any atom is 0.254 e. The van der Waals surface area contributed by atoms with Crippen molar-refractivity contribution < 1.29 is 13.2 Å². The molecule has 3 rings (SSSR count). The molecule has 0 aliphatic carbocycles. The van der Waals surface area contributed by atoms with Crippen LogP contribution in [0.3, 0.4) is 0 Å². The molecule has 0 radical (unpaired) electrons. The molecule has 0 spiro atoms. The van der Waals surface area contributed by atoms with Crippen LogP contribution in [-0.4, -0.2) is 63.4 Å². The Bertz CT molecular complexity index is 966. The molecular formula is C24H33N3O3S. The molecule has 1 aliphatic heterocycles. The molecule has 1 saturated heterocycles. The van der Waals surface area contributed by atoms with Crippen molar-refractivity contribution in [1.82, 2.24) is 14.5 Å². The Hall–Kier alpha value is -2.22. The first-order valence-electron chi connectivity index (χ1n) is 11.0. The fraction of sp³-hybridized carbons (Fsp3) is 0.458. The summed E-state index contributed by atoms with van der Waals surface area (Å²) in [5.74, 6) is 0.0500. The highest BCUT2D eigenvalue weighted by molar-refractivity contribution is 7.89. The van der Waals surface area contributed by atoms with E-state index in [0.29, 0.717) is 12.1 Å². The molecule has 0 aromatic heterocycles. The molecule has 1 heterocycles. The molecule has 6 nitrogen and oxygen atoms in total.